The molecule has 0 aliphatic heterocycles. The molecule has 0 saturated heterocycles. The minimum atomic E-state index is -0.0186. The van der Waals surface area contributed by atoms with Crippen LogP contribution in [-0.2, 0) is 4.79 Å². The highest BCUT2D eigenvalue weighted by Crippen LogP contribution is 2.60. The van der Waals surface area contributed by atoms with E-state index in [4.69, 9.17) is 0 Å². The van der Waals surface area contributed by atoms with Gasteiger partial charge in [-0.25, -0.2) is 0 Å². The van der Waals surface area contributed by atoms with Crippen LogP contribution in [0, 0.1) is 23.2 Å². The first-order valence-corrected chi connectivity index (χ1v) is 10.1. The lowest BCUT2D eigenvalue weighted by atomic mass is 9.48. The van der Waals surface area contributed by atoms with Crippen LogP contribution in [0.25, 0.3) is 17.2 Å². The van der Waals surface area contributed by atoms with Crippen LogP contribution in [0.1, 0.15) is 44.1 Å². The fraction of sp³-hybridized carbons (Fsp3) is 0.400. The third kappa shape index (κ3) is 2.84. The molecule has 1 nitrogen and oxygen atoms in total. The summed E-state index contributed by atoms with van der Waals surface area (Å²) in [5, 5.41) is 0. The lowest BCUT2D eigenvalue weighted by molar-refractivity contribution is -0.138. The van der Waals surface area contributed by atoms with Crippen molar-refractivity contribution in [3.63, 3.8) is 0 Å². The zero-order valence-electron chi connectivity index (χ0n) is 15.2. The molecule has 4 fully saturated rings. The molecule has 0 spiro atoms. The van der Waals surface area contributed by atoms with E-state index >= 15 is 0 Å². The summed E-state index contributed by atoms with van der Waals surface area (Å²) < 4.78 is 0. The Morgan fingerprint density at radius 2 is 1.31 bits per heavy atom. The highest BCUT2D eigenvalue weighted by atomic mass is 16.1. The number of hydrogen-bond acceptors (Lipinski definition) is 1. The second kappa shape index (κ2) is 6.23. The monoisotopic (exact) mass is 342 g/mol. The molecule has 2 aromatic rings. The Bertz CT molecular complexity index is 793. The average molecular weight is 342 g/mol. The fourth-order valence-corrected chi connectivity index (χ4v) is 6.18. The van der Waals surface area contributed by atoms with Crippen LogP contribution < -0.4 is 0 Å². The molecule has 0 unspecified atom stereocenters. The normalized spacial score (nSPS) is 32.2. The van der Waals surface area contributed by atoms with E-state index in [-0.39, 0.29) is 5.41 Å². The van der Waals surface area contributed by atoms with E-state index in [1.165, 1.54) is 30.4 Å². The van der Waals surface area contributed by atoms with Crippen LogP contribution in [0.15, 0.2) is 60.7 Å². The van der Waals surface area contributed by atoms with E-state index in [1.807, 2.05) is 18.2 Å². The van der Waals surface area contributed by atoms with Crippen molar-refractivity contribution in [2.75, 3.05) is 0 Å². The van der Waals surface area contributed by atoms with E-state index in [1.54, 1.807) is 0 Å². The summed E-state index contributed by atoms with van der Waals surface area (Å²) >= 11 is 0. The number of benzene rings is 2. The first kappa shape index (κ1) is 16.1. The van der Waals surface area contributed by atoms with Crippen LogP contribution in [0.4, 0.5) is 0 Å². The quantitative estimate of drug-likeness (QED) is 0.609. The van der Waals surface area contributed by atoms with Gasteiger partial charge in [0.25, 0.3) is 0 Å². The van der Waals surface area contributed by atoms with Crippen LogP contribution in [0.2, 0.25) is 0 Å². The number of ketones is 1. The summed E-state index contributed by atoms with van der Waals surface area (Å²) in [4.78, 5) is 13.1. The van der Waals surface area contributed by atoms with Gasteiger partial charge in [0.15, 0.2) is 5.78 Å². The lowest BCUT2D eigenvalue weighted by Crippen LogP contribution is -2.49. The predicted molar refractivity (Wildman–Crippen MR) is 107 cm³/mol. The molecule has 0 N–H and O–H groups in total. The molecule has 0 atom stereocenters. The molecule has 4 aliphatic rings. The maximum atomic E-state index is 13.1. The van der Waals surface area contributed by atoms with Gasteiger partial charge in [0.1, 0.15) is 0 Å². The zero-order chi connectivity index (χ0) is 17.6. The molecular formula is C25H26O. The maximum Gasteiger partial charge on any atom is 0.161 e. The summed E-state index contributed by atoms with van der Waals surface area (Å²) in [7, 11) is 0. The van der Waals surface area contributed by atoms with Gasteiger partial charge in [0, 0.05) is 5.41 Å². The molecule has 132 valence electrons. The van der Waals surface area contributed by atoms with Gasteiger partial charge in [0.2, 0.25) is 0 Å². The maximum absolute atomic E-state index is 13.1. The molecule has 1 heteroatoms. The molecule has 4 bridgehead atoms. The first-order chi connectivity index (χ1) is 12.7. The second-order valence-corrected chi connectivity index (χ2v) is 8.88. The number of allylic oxidation sites excluding steroid dienone is 1. The molecule has 0 radical (unpaired) electrons. The van der Waals surface area contributed by atoms with Crippen LogP contribution in [-0.4, -0.2) is 5.78 Å². The summed E-state index contributed by atoms with van der Waals surface area (Å²) in [6, 6.07) is 18.9. The van der Waals surface area contributed by atoms with Gasteiger partial charge < -0.3 is 0 Å². The molecule has 6 rings (SSSR count). The molecule has 2 aromatic carbocycles. The summed E-state index contributed by atoms with van der Waals surface area (Å²) in [5.41, 5.74) is 3.54. The number of carbonyl (C=O) groups excluding carboxylic acids is 1. The van der Waals surface area contributed by atoms with Crippen molar-refractivity contribution in [1.29, 1.82) is 0 Å². The van der Waals surface area contributed by atoms with Crippen molar-refractivity contribution in [1.82, 2.24) is 0 Å². The van der Waals surface area contributed by atoms with Gasteiger partial charge in [-0.2, -0.15) is 0 Å². The van der Waals surface area contributed by atoms with Crippen molar-refractivity contribution < 1.29 is 4.79 Å². The topological polar surface area (TPSA) is 17.1 Å². The minimum Gasteiger partial charge on any atom is -0.294 e. The third-order valence-electron chi connectivity index (χ3n) is 7.01. The van der Waals surface area contributed by atoms with Gasteiger partial charge in [-0.15, -0.1) is 0 Å². The molecule has 4 aliphatic carbocycles. The van der Waals surface area contributed by atoms with Gasteiger partial charge in [-0.1, -0.05) is 60.7 Å². The first-order valence-electron chi connectivity index (χ1n) is 10.1. The van der Waals surface area contributed by atoms with Crippen LogP contribution in [0.5, 0.6) is 0 Å². The Morgan fingerprint density at radius 3 is 1.88 bits per heavy atom. The zero-order valence-corrected chi connectivity index (χ0v) is 15.2. The van der Waals surface area contributed by atoms with Gasteiger partial charge in [-0.05, 0) is 79.0 Å². The Balaban J connectivity index is 1.32. The van der Waals surface area contributed by atoms with E-state index in [0.717, 1.165) is 42.6 Å². The van der Waals surface area contributed by atoms with Gasteiger partial charge in [0.05, 0.1) is 0 Å². The van der Waals surface area contributed by atoms with Crippen molar-refractivity contribution in [2.45, 2.75) is 38.5 Å². The number of carbonyl (C=O) groups is 1. The second-order valence-electron chi connectivity index (χ2n) is 8.88. The number of rotatable bonds is 4. The highest BCUT2D eigenvalue weighted by molar-refractivity contribution is 5.98. The van der Waals surface area contributed by atoms with E-state index in [9.17, 15) is 4.79 Å². The molecule has 4 saturated carbocycles. The van der Waals surface area contributed by atoms with Crippen molar-refractivity contribution >= 4 is 11.9 Å². The van der Waals surface area contributed by atoms with Gasteiger partial charge >= 0.3 is 0 Å². The fourth-order valence-electron chi connectivity index (χ4n) is 6.18. The predicted octanol–water partition coefficient (Wildman–Crippen LogP) is 6.15. The van der Waals surface area contributed by atoms with E-state index in [2.05, 4.69) is 48.5 Å². The van der Waals surface area contributed by atoms with Crippen LogP contribution in [0.3, 0.4) is 0 Å². The summed E-state index contributed by atoms with van der Waals surface area (Å²) in [6.45, 7) is 0. The van der Waals surface area contributed by atoms with Crippen LogP contribution >= 0.6 is 0 Å². The SMILES string of the molecule is O=C(/C=C/c1ccc(-c2ccccc2)cc1)C12CC3CC(CC(C3)C1)C2. The van der Waals surface area contributed by atoms with Crippen molar-refractivity contribution in [3.8, 4) is 11.1 Å². The molecular weight excluding hydrogens is 316 g/mol. The third-order valence-corrected chi connectivity index (χ3v) is 7.01. The lowest BCUT2D eigenvalue weighted by Gasteiger charge is -2.55. The smallest absolute Gasteiger partial charge is 0.161 e. The minimum absolute atomic E-state index is 0.0186. The number of hydrogen-bond donors (Lipinski definition) is 0. The summed E-state index contributed by atoms with van der Waals surface area (Å²) in [5.74, 6) is 2.86. The molecule has 0 heterocycles. The standard InChI is InChI=1S/C25H26O/c26-24(25-15-19-12-20(16-25)14-21(13-19)17-25)11-8-18-6-9-23(10-7-18)22-4-2-1-3-5-22/h1-11,19-21H,12-17H2/b11-8+. The molecule has 26 heavy (non-hydrogen) atoms. The van der Waals surface area contributed by atoms with Gasteiger partial charge in [-0.3, -0.25) is 4.79 Å². The van der Waals surface area contributed by atoms with Crippen molar-refractivity contribution in [2.24, 2.45) is 23.2 Å². The highest BCUT2D eigenvalue weighted by Gasteiger charge is 2.53. The molecule has 0 amide bonds. The largest absolute Gasteiger partial charge is 0.294 e. The Labute approximate surface area is 156 Å². The van der Waals surface area contributed by atoms with E-state index in [0.29, 0.717) is 5.78 Å². The Kier molecular flexibility index (Phi) is 3.85. The Morgan fingerprint density at radius 1 is 0.769 bits per heavy atom. The average Bonchev–Trinajstić information content (AvgIpc) is 2.66. The van der Waals surface area contributed by atoms with E-state index < -0.39 is 0 Å². The van der Waals surface area contributed by atoms with Crippen molar-refractivity contribution in [3.05, 3.63) is 66.2 Å². The summed E-state index contributed by atoms with van der Waals surface area (Å²) in [6.07, 6.45) is 11.5. The Hall–Kier alpha value is -2.15. The molecule has 0 aromatic heterocycles.